The lowest BCUT2D eigenvalue weighted by Gasteiger charge is -2.04. The third kappa shape index (κ3) is 3.16. The van der Waals surface area contributed by atoms with Crippen molar-refractivity contribution in [2.24, 2.45) is 0 Å². The van der Waals surface area contributed by atoms with Crippen molar-refractivity contribution >= 4 is 34.0 Å². The van der Waals surface area contributed by atoms with E-state index in [1.807, 2.05) is 35.7 Å². The summed E-state index contributed by atoms with van der Waals surface area (Å²) in [7, 11) is 0. The van der Waals surface area contributed by atoms with Crippen molar-refractivity contribution in [1.29, 1.82) is 0 Å². The first kappa shape index (κ1) is 14.7. The molecule has 1 amide bonds. The van der Waals surface area contributed by atoms with Crippen LogP contribution in [0.5, 0.6) is 0 Å². The van der Waals surface area contributed by atoms with Gasteiger partial charge in [-0.15, -0.1) is 11.3 Å². The third-order valence-electron chi connectivity index (χ3n) is 2.97. The molecule has 0 unspecified atom stereocenters. The van der Waals surface area contributed by atoms with Crippen LogP contribution in [-0.2, 0) is 0 Å². The highest BCUT2D eigenvalue weighted by molar-refractivity contribution is 7.14. The minimum Gasteiger partial charge on any atom is -0.298 e. The van der Waals surface area contributed by atoms with Crippen LogP contribution in [0, 0.1) is 5.82 Å². The molecule has 6 heteroatoms. The van der Waals surface area contributed by atoms with Gasteiger partial charge in [0.1, 0.15) is 5.82 Å². The van der Waals surface area contributed by atoms with Crippen LogP contribution in [0.15, 0.2) is 53.9 Å². The second-order valence-corrected chi connectivity index (χ2v) is 5.75. The Hall–Kier alpha value is -2.24. The highest BCUT2D eigenvalue weighted by Crippen LogP contribution is 2.25. The topological polar surface area (TPSA) is 42.0 Å². The first-order chi connectivity index (χ1) is 10.6. The number of nitrogens with one attached hydrogen (secondary N) is 1. The molecule has 0 spiro atoms. The molecule has 110 valence electrons. The van der Waals surface area contributed by atoms with Crippen molar-refractivity contribution in [3.63, 3.8) is 0 Å². The third-order valence-corrected chi connectivity index (χ3v) is 4.04. The number of hydrogen-bond acceptors (Lipinski definition) is 3. The summed E-state index contributed by atoms with van der Waals surface area (Å²) in [6.07, 6.45) is 0. The van der Waals surface area contributed by atoms with E-state index in [1.165, 1.54) is 23.5 Å². The second kappa shape index (κ2) is 6.25. The van der Waals surface area contributed by atoms with E-state index < -0.39 is 11.7 Å². The van der Waals surface area contributed by atoms with Crippen LogP contribution in [0.4, 0.5) is 9.52 Å². The minimum absolute atomic E-state index is 0.0670. The fourth-order valence-corrected chi connectivity index (χ4v) is 2.88. The Kier molecular flexibility index (Phi) is 4.18. The van der Waals surface area contributed by atoms with Crippen LogP contribution in [0.3, 0.4) is 0 Å². The highest BCUT2D eigenvalue weighted by atomic mass is 35.5. The number of carbonyl (C=O) groups is 1. The SMILES string of the molecule is O=C(Nc1nc(-c2ccccc2)cs1)c1ccc(F)cc1Cl. The molecule has 3 rings (SSSR count). The van der Waals surface area contributed by atoms with E-state index in [0.29, 0.717) is 5.13 Å². The monoisotopic (exact) mass is 332 g/mol. The Morgan fingerprint density at radius 3 is 2.68 bits per heavy atom. The molecule has 22 heavy (non-hydrogen) atoms. The summed E-state index contributed by atoms with van der Waals surface area (Å²) >= 11 is 7.19. The van der Waals surface area contributed by atoms with Crippen LogP contribution >= 0.6 is 22.9 Å². The van der Waals surface area contributed by atoms with Crippen molar-refractivity contribution in [1.82, 2.24) is 4.98 Å². The van der Waals surface area contributed by atoms with Gasteiger partial charge in [0.2, 0.25) is 0 Å². The highest BCUT2D eigenvalue weighted by Gasteiger charge is 2.13. The Balaban J connectivity index is 1.79. The smallest absolute Gasteiger partial charge is 0.258 e. The number of rotatable bonds is 3. The predicted octanol–water partition coefficient (Wildman–Crippen LogP) is 4.85. The van der Waals surface area contributed by atoms with Crippen molar-refractivity contribution in [3.05, 3.63) is 70.3 Å². The van der Waals surface area contributed by atoms with Gasteiger partial charge in [-0.2, -0.15) is 0 Å². The zero-order valence-electron chi connectivity index (χ0n) is 11.2. The summed E-state index contributed by atoms with van der Waals surface area (Å²) in [6, 6.07) is 13.3. The molecule has 0 fully saturated rings. The summed E-state index contributed by atoms with van der Waals surface area (Å²) in [4.78, 5) is 16.5. The molecule has 0 aliphatic heterocycles. The van der Waals surface area contributed by atoms with Gasteiger partial charge in [-0.25, -0.2) is 9.37 Å². The van der Waals surface area contributed by atoms with Gasteiger partial charge >= 0.3 is 0 Å². The Labute approximate surface area is 135 Å². The molecule has 0 aliphatic carbocycles. The second-order valence-electron chi connectivity index (χ2n) is 4.48. The summed E-state index contributed by atoms with van der Waals surface area (Å²) < 4.78 is 13.0. The van der Waals surface area contributed by atoms with E-state index in [0.717, 1.165) is 17.3 Å². The lowest BCUT2D eigenvalue weighted by atomic mass is 10.2. The zero-order chi connectivity index (χ0) is 15.5. The summed E-state index contributed by atoms with van der Waals surface area (Å²) in [5.41, 5.74) is 1.96. The molecule has 0 atom stereocenters. The molecule has 1 aromatic heterocycles. The van der Waals surface area contributed by atoms with Gasteiger partial charge in [0, 0.05) is 10.9 Å². The van der Waals surface area contributed by atoms with E-state index in [-0.39, 0.29) is 10.6 Å². The van der Waals surface area contributed by atoms with Gasteiger partial charge in [-0.3, -0.25) is 10.1 Å². The maximum absolute atomic E-state index is 13.0. The van der Waals surface area contributed by atoms with Crippen LogP contribution in [0.2, 0.25) is 5.02 Å². The van der Waals surface area contributed by atoms with E-state index in [2.05, 4.69) is 10.3 Å². The Morgan fingerprint density at radius 1 is 1.18 bits per heavy atom. The lowest BCUT2D eigenvalue weighted by molar-refractivity contribution is 0.102. The van der Waals surface area contributed by atoms with Crippen LogP contribution < -0.4 is 5.32 Å². The maximum Gasteiger partial charge on any atom is 0.258 e. The number of carbonyl (C=O) groups excluding carboxylic acids is 1. The molecule has 3 nitrogen and oxygen atoms in total. The van der Waals surface area contributed by atoms with Crippen LogP contribution in [-0.4, -0.2) is 10.9 Å². The summed E-state index contributed by atoms with van der Waals surface area (Å²) in [6.45, 7) is 0. The van der Waals surface area contributed by atoms with Crippen LogP contribution in [0.1, 0.15) is 10.4 Å². The fourth-order valence-electron chi connectivity index (χ4n) is 1.91. The quantitative estimate of drug-likeness (QED) is 0.744. The Bertz CT molecular complexity index is 820. The van der Waals surface area contributed by atoms with Crippen molar-refractivity contribution in [3.8, 4) is 11.3 Å². The standard InChI is InChI=1S/C16H10ClFN2OS/c17-13-8-11(18)6-7-12(13)15(21)20-16-19-14(9-22-16)10-4-2-1-3-5-10/h1-9H,(H,19,20,21). The van der Waals surface area contributed by atoms with Crippen molar-refractivity contribution in [2.75, 3.05) is 5.32 Å². The fraction of sp³-hybridized carbons (Fsp3) is 0. The van der Waals surface area contributed by atoms with Crippen molar-refractivity contribution < 1.29 is 9.18 Å². The summed E-state index contributed by atoms with van der Waals surface area (Å²) in [5.74, 6) is -0.902. The number of benzene rings is 2. The van der Waals surface area contributed by atoms with Gasteiger partial charge in [-0.1, -0.05) is 41.9 Å². The van der Waals surface area contributed by atoms with Gasteiger partial charge in [0.25, 0.3) is 5.91 Å². The maximum atomic E-state index is 13.0. The normalized spacial score (nSPS) is 10.5. The molecule has 3 aromatic rings. The van der Waals surface area contributed by atoms with E-state index in [9.17, 15) is 9.18 Å². The molecule has 0 bridgehead atoms. The number of anilines is 1. The van der Waals surface area contributed by atoms with Crippen molar-refractivity contribution in [2.45, 2.75) is 0 Å². The Morgan fingerprint density at radius 2 is 1.95 bits per heavy atom. The number of thiazole rings is 1. The largest absolute Gasteiger partial charge is 0.298 e. The average Bonchev–Trinajstić information content (AvgIpc) is 2.96. The average molecular weight is 333 g/mol. The molecule has 0 saturated carbocycles. The lowest BCUT2D eigenvalue weighted by Crippen LogP contribution is -2.12. The number of nitrogens with zero attached hydrogens (tertiary/aromatic N) is 1. The molecule has 0 radical (unpaired) electrons. The molecule has 1 heterocycles. The minimum atomic E-state index is -0.484. The number of hydrogen-bond donors (Lipinski definition) is 1. The van der Waals surface area contributed by atoms with E-state index >= 15 is 0 Å². The first-order valence-corrected chi connectivity index (χ1v) is 7.66. The predicted molar refractivity (Wildman–Crippen MR) is 86.9 cm³/mol. The van der Waals surface area contributed by atoms with Crippen LogP contribution in [0.25, 0.3) is 11.3 Å². The van der Waals surface area contributed by atoms with Gasteiger partial charge in [-0.05, 0) is 18.2 Å². The van der Waals surface area contributed by atoms with Gasteiger partial charge in [0.05, 0.1) is 16.3 Å². The number of halogens is 2. The van der Waals surface area contributed by atoms with E-state index in [1.54, 1.807) is 0 Å². The first-order valence-electron chi connectivity index (χ1n) is 6.41. The zero-order valence-corrected chi connectivity index (χ0v) is 12.8. The number of amides is 1. The van der Waals surface area contributed by atoms with E-state index in [4.69, 9.17) is 11.6 Å². The van der Waals surface area contributed by atoms with Gasteiger partial charge < -0.3 is 0 Å². The molecule has 0 aliphatic rings. The molecule has 0 saturated heterocycles. The number of aromatic nitrogens is 1. The molecular weight excluding hydrogens is 323 g/mol. The molecular formula is C16H10ClFN2OS. The molecule has 2 aromatic carbocycles. The molecule has 1 N–H and O–H groups in total. The van der Waals surface area contributed by atoms with Gasteiger partial charge in [0.15, 0.2) is 5.13 Å². The summed E-state index contributed by atoms with van der Waals surface area (Å²) in [5, 5.41) is 5.06.